The van der Waals surface area contributed by atoms with Gasteiger partial charge in [-0.1, -0.05) is 12.0 Å². The summed E-state index contributed by atoms with van der Waals surface area (Å²) < 4.78 is 4.86. The number of hydrogen-bond donors (Lipinski definition) is 2. The van der Waals surface area contributed by atoms with E-state index in [2.05, 4.69) is 27.5 Å². The highest BCUT2D eigenvalue weighted by Crippen LogP contribution is 2.25. The Hall–Kier alpha value is -3.05. The number of hydrogen-bond acceptors (Lipinski definition) is 6. The summed E-state index contributed by atoms with van der Waals surface area (Å²) in [5, 5.41) is 5.94. The molecule has 0 radical (unpaired) electrons. The molecule has 0 unspecified atom stereocenters. The Balaban J connectivity index is 1.62. The van der Waals surface area contributed by atoms with Gasteiger partial charge in [-0.15, -0.1) is 6.42 Å². The first kappa shape index (κ1) is 21.7. The number of amides is 2. The normalized spacial score (nSPS) is 17.0. The molecular weight excluding hydrogens is 384 g/mol. The Morgan fingerprint density at radius 1 is 1.30 bits per heavy atom. The highest BCUT2D eigenvalue weighted by Gasteiger charge is 2.27. The molecule has 2 aliphatic rings. The number of rotatable bonds is 7. The summed E-state index contributed by atoms with van der Waals surface area (Å²) in [5.41, 5.74) is 2.67. The number of esters is 1. The van der Waals surface area contributed by atoms with Gasteiger partial charge in [0.1, 0.15) is 6.04 Å². The number of carbonyl (C=O) groups is 3. The van der Waals surface area contributed by atoms with Crippen LogP contribution in [0, 0.1) is 12.3 Å². The monoisotopic (exact) mass is 412 g/mol. The van der Waals surface area contributed by atoms with Crippen LogP contribution >= 0.6 is 0 Å². The molecule has 2 N–H and O–H groups in total. The average Bonchev–Trinajstić information content (AvgIpc) is 2.76. The van der Waals surface area contributed by atoms with Crippen LogP contribution in [0.4, 0.5) is 5.69 Å². The van der Waals surface area contributed by atoms with Gasteiger partial charge in [0.25, 0.3) is 5.91 Å². The number of nitrogens with zero attached hydrogens (tertiary/aromatic N) is 2. The molecule has 2 heterocycles. The lowest BCUT2D eigenvalue weighted by Gasteiger charge is -2.32. The molecule has 0 saturated carbocycles. The maximum absolute atomic E-state index is 13.0. The molecule has 1 aromatic rings. The standard InChI is InChI=1S/C22H28N4O4/c1-3-17(13-21(28)30-4-2)24-20(27)15-26-10-7-16-5-6-18(14-19(16)22(26)29)25-11-8-23-9-12-25/h1,5-6,14,17,23H,4,7-13,15H2,2H3,(H,24,27)/t17-/m0/s1. The van der Waals surface area contributed by atoms with Crippen LogP contribution in [-0.4, -0.2) is 74.6 Å². The van der Waals surface area contributed by atoms with Gasteiger partial charge in [-0.25, -0.2) is 0 Å². The molecular formula is C22H28N4O4. The van der Waals surface area contributed by atoms with Gasteiger partial charge in [-0.3, -0.25) is 14.4 Å². The number of terminal acetylenes is 1. The first-order valence-corrected chi connectivity index (χ1v) is 10.3. The first-order valence-electron chi connectivity index (χ1n) is 10.3. The minimum atomic E-state index is -0.761. The highest BCUT2D eigenvalue weighted by atomic mass is 16.5. The summed E-state index contributed by atoms with van der Waals surface area (Å²) in [5.74, 6) is 1.36. The van der Waals surface area contributed by atoms with Crippen molar-refractivity contribution in [3.8, 4) is 12.3 Å². The van der Waals surface area contributed by atoms with E-state index in [1.54, 1.807) is 6.92 Å². The van der Waals surface area contributed by atoms with E-state index in [0.717, 1.165) is 37.4 Å². The van der Waals surface area contributed by atoms with Crippen LogP contribution in [0.15, 0.2) is 18.2 Å². The zero-order chi connectivity index (χ0) is 21.5. The SMILES string of the molecule is C#C[C@@H](CC(=O)OCC)NC(=O)CN1CCc2ccc(N3CCNCC3)cc2C1=O. The highest BCUT2D eigenvalue weighted by molar-refractivity contribution is 5.99. The molecule has 160 valence electrons. The van der Waals surface area contributed by atoms with Gasteiger partial charge < -0.3 is 25.2 Å². The van der Waals surface area contributed by atoms with Gasteiger partial charge >= 0.3 is 5.97 Å². The minimum absolute atomic E-state index is 0.0963. The van der Waals surface area contributed by atoms with Crippen molar-refractivity contribution >= 4 is 23.5 Å². The largest absolute Gasteiger partial charge is 0.466 e. The maximum atomic E-state index is 13.0. The van der Waals surface area contributed by atoms with Gasteiger partial charge in [0.15, 0.2) is 0 Å². The van der Waals surface area contributed by atoms with Crippen molar-refractivity contribution in [2.75, 3.05) is 50.8 Å². The van der Waals surface area contributed by atoms with Crippen molar-refractivity contribution in [1.29, 1.82) is 0 Å². The number of nitrogens with one attached hydrogen (secondary N) is 2. The predicted molar refractivity (Wildman–Crippen MR) is 113 cm³/mol. The van der Waals surface area contributed by atoms with Gasteiger partial charge in [0, 0.05) is 44.0 Å². The van der Waals surface area contributed by atoms with E-state index in [1.165, 1.54) is 4.90 Å². The maximum Gasteiger partial charge on any atom is 0.308 e. The Kier molecular flexibility index (Phi) is 7.31. The third-order valence-corrected chi connectivity index (χ3v) is 5.29. The number of piperazine rings is 1. The van der Waals surface area contributed by atoms with E-state index < -0.39 is 17.9 Å². The summed E-state index contributed by atoms with van der Waals surface area (Å²) in [4.78, 5) is 40.8. The summed E-state index contributed by atoms with van der Waals surface area (Å²) in [6, 6.07) is 5.24. The van der Waals surface area contributed by atoms with Gasteiger partial charge in [0.05, 0.1) is 19.6 Å². The fourth-order valence-electron chi connectivity index (χ4n) is 3.73. The van der Waals surface area contributed by atoms with Crippen LogP contribution < -0.4 is 15.5 Å². The van der Waals surface area contributed by atoms with Crippen LogP contribution in [0.2, 0.25) is 0 Å². The fraction of sp³-hybridized carbons (Fsp3) is 0.500. The second kappa shape index (κ2) is 10.1. The molecule has 8 heteroatoms. The third-order valence-electron chi connectivity index (χ3n) is 5.29. The second-order valence-corrected chi connectivity index (χ2v) is 7.35. The minimum Gasteiger partial charge on any atom is -0.466 e. The number of carbonyl (C=O) groups excluding carboxylic acids is 3. The molecule has 0 spiro atoms. The number of ether oxygens (including phenoxy) is 1. The Bertz CT molecular complexity index is 842. The number of fused-ring (bicyclic) bond motifs is 1. The lowest BCUT2D eigenvalue weighted by Crippen LogP contribution is -2.47. The average molecular weight is 412 g/mol. The van der Waals surface area contributed by atoms with Crippen molar-refractivity contribution in [2.24, 2.45) is 0 Å². The topological polar surface area (TPSA) is 91.0 Å². The van der Waals surface area contributed by atoms with Crippen LogP contribution in [0.5, 0.6) is 0 Å². The summed E-state index contributed by atoms with van der Waals surface area (Å²) in [7, 11) is 0. The second-order valence-electron chi connectivity index (χ2n) is 7.35. The quantitative estimate of drug-likeness (QED) is 0.490. The molecule has 1 aromatic carbocycles. The Morgan fingerprint density at radius 3 is 2.77 bits per heavy atom. The molecule has 2 amide bonds. The molecule has 0 bridgehead atoms. The van der Waals surface area contributed by atoms with E-state index in [4.69, 9.17) is 11.2 Å². The zero-order valence-electron chi connectivity index (χ0n) is 17.3. The Labute approximate surface area is 176 Å². The van der Waals surface area contributed by atoms with Gasteiger partial charge in [-0.2, -0.15) is 0 Å². The molecule has 30 heavy (non-hydrogen) atoms. The van der Waals surface area contributed by atoms with E-state index in [9.17, 15) is 14.4 Å². The van der Waals surface area contributed by atoms with Crippen molar-refractivity contribution in [1.82, 2.24) is 15.5 Å². The molecule has 0 aliphatic carbocycles. The van der Waals surface area contributed by atoms with Gasteiger partial charge in [-0.05, 0) is 31.0 Å². The van der Waals surface area contributed by atoms with Crippen LogP contribution in [-0.2, 0) is 20.7 Å². The van der Waals surface area contributed by atoms with Gasteiger partial charge in [0.2, 0.25) is 5.91 Å². The summed E-state index contributed by atoms with van der Waals surface area (Å²) in [6.45, 7) is 5.94. The molecule has 1 fully saturated rings. The van der Waals surface area contributed by atoms with Crippen molar-refractivity contribution in [3.63, 3.8) is 0 Å². The predicted octanol–water partition coefficient (Wildman–Crippen LogP) is 0.166. The van der Waals surface area contributed by atoms with E-state index in [-0.39, 0.29) is 25.5 Å². The third kappa shape index (κ3) is 5.30. The lowest BCUT2D eigenvalue weighted by atomic mass is 9.97. The number of benzene rings is 1. The van der Waals surface area contributed by atoms with Crippen LogP contribution in [0.25, 0.3) is 0 Å². The lowest BCUT2D eigenvalue weighted by molar-refractivity contribution is -0.143. The van der Waals surface area contributed by atoms with Crippen LogP contribution in [0.3, 0.4) is 0 Å². The van der Waals surface area contributed by atoms with E-state index in [1.807, 2.05) is 12.1 Å². The molecule has 1 saturated heterocycles. The van der Waals surface area contributed by atoms with Crippen molar-refractivity contribution < 1.29 is 19.1 Å². The smallest absolute Gasteiger partial charge is 0.308 e. The molecule has 3 rings (SSSR count). The molecule has 8 nitrogen and oxygen atoms in total. The van der Waals surface area contributed by atoms with E-state index in [0.29, 0.717) is 18.5 Å². The molecule has 2 aliphatic heterocycles. The Morgan fingerprint density at radius 2 is 2.07 bits per heavy atom. The molecule has 0 aromatic heterocycles. The molecule has 1 atom stereocenters. The van der Waals surface area contributed by atoms with E-state index >= 15 is 0 Å². The zero-order valence-corrected chi connectivity index (χ0v) is 17.3. The first-order chi connectivity index (χ1) is 14.5. The van der Waals surface area contributed by atoms with Crippen molar-refractivity contribution in [3.05, 3.63) is 29.3 Å². The van der Waals surface area contributed by atoms with Crippen LogP contribution in [0.1, 0.15) is 29.3 Å². The number of anilines is 1. The fourth-order valence-corrected chi connectivity index (χ4v) is 3.73. The summed E-state index contributed by atoms with van der Waals surface area (Å²) in [6.07, 6.45) is 6.01. The summed E-state index contributed by atoms with van der Waals surface area (Å²) >= 11 is 0. The van der Waals surface area contributed by atoms with Crippen molar-refractivity contribution in [2.45, 2.75) is 25.8 Å².